The zero-order valence-corrected chi connectivity index (χ0v) is 19.6. The lowest BCUT2D eigenvalue weighted by molar-refractivity contribution is -0.139. The maximum atomic E-state index is 13.3. The summed E-state index contributed by atoms with van der Waals surface area (Å²) in [5.41, 5.74) is 2.31. The summed E-state index contributed by atoms with van der Waals surface area (Å²) in [6.45, 7) is 8.03. The van der Waals surface area contributed by atoms with Crippen molar-refractivity contribution in [3.05, 3.63) is 70.4 Å². The molecule has 1 fully saturated rings. The number of rotatable bonds is 7. The van der Waals surface area contributed by atoms with Crippen LogP contribution in [-0.4, -0.2) is 53.8 Å². The fraction of sp³-hybridized carbons (Fsp3) is 0.385. The Labute approximate surface area is 194 Å². The van der Waals surface area contributed by atoms with Crippen molar-refractivity contribution >= 4 is 33.9 Å². The summed E-state index contributed by atoms with van der Waals surface area (Å²) in [6.07, 6.45) is 0.270. The summed E-state index contributed by atoms with van der Waals surface area (Å²) in [5, 5.41) is 9.51. The van der Waals surface area contributed by atoms with Gasteiger partial charge in [-0.05, 0) is 44.6 Å². The molecule has 0 saturated carbocycles. The van der Waals surface area contributed by atoms with Gasteiger partial charge in [0, 0.05) is 32.7 Å². The molecule has 1 atom stereocenters. The quantitative estimate of drug-likeness (QED) is 0.595. The smallest absolute Gasteiger partial charge is 0.245 e. The highest BCUT2D eigenvalue weighted by atomic mass is 32.1. The Kier molecular flexibility index (Phi) is 7.22. The molecular formula is C26H31N3O2S. The Hall–Kier alpha value is -2.70. The van der Waals surface area contributed by atoms with Crippen LogP contribution in [0, 0.1) is 5.92 Å². The summed E-state index contributed by atoms with van der Waals surface area (Å²) < 4.78 is 0. The van der Waals surface area contributed by atoms with E-state index in [4.69, 9.17) is 0 Å². The molecule has 2 heterocycles. The predicted molar refractivity (Wildman–Crippen MR) is 131 cm³/mol. The highest BCUT2D eigenvalue weighted by Gasteiger charge is 2.30. The number of amides is 2. The lowest BCUT2D eigenvalue weighted by atomic mass is 9.99. The molecule has 2 aromatic carbocycles. The first-order valence-corrected chi connectivity index (χ1v) is 12.2. The molecule has 1 saturated heterocycles. The number of piperazine rings is 1. The minimum atomic E-state index is -0.499. The Balaban J connectivity index is 1.35. The number of nitrogens with one attached hydrogen (secondary N) is 1. The number of carbonyl (C=O) groups is 2. The average Bonchev–Trinajstić information content (AvgIpc) is 3.31. The van der Waals surface area contributed by atoms with Gasteiger partial charge < -0.3 is 10.2 Å². The highest BCUT2D eigenvalue weighted by molar-refractivity contribution is 7.07. The Morgan fingerprint density at radius 2 is 1.75 bits per heavy atom. The van der Waals surface area contributed by atoms with Crippen LogP contribution >= 0.6 is 11.3 Å². The highest BCUT2D eigenvalue weighted by Crippen LogP contribution is 2.19. The molecule has 1 aliphatic heterocycles. The third-order valence-electron chi connectivity index (χ3n) is 6.15. The van der Waals surface area contributed by atoms with Gasteiger partial charge in [0.1, 0.15) is 6.04 Å². The van der Waals surface area contributed by atoms with Gasteiger partial charge in [-0.3, -0.25) is 14.5 Å². The van der Waals surface area contributed by atoms with Crippen LogP contribution in [0.4, 0.5) is 0 Å². The topological polar surface area (TPSA) is 52.7 Å². The van der Waals surface area contributed by atoms with Gasteiger partial charge in [-0.1, -0.05) is 56.3 Å². The van der Waals surface area contributed by atoms with Crippen LogP contribution in [-0.2, 0) is 22.6 Å². The number of hydrogen-bond donors (Lipinski definition) is 1. The molecule has 0 bridgehead atoms. The number of fused-ring (bicyclic) bond motifs is 1. The van der Waals surface area contributed by atoms with Gasteiger partial charge in [0.15, 0.2) is 0 Å². The van der Waals surface area contributed by atoms with Crippen LogP contribution in [0.2, 0.25) is 0 Å². The summed E-state index contributed by atoms with van der Waals surface area (Å²) in [4.78, 5) is 30.5. The van der Waals surface area contributed by atoms with E-state index in [2.05, 4.69) is 39.2 Å². The molecule has 168 valence electrons. The predicted octanol–water partition coefficient (Wildman–Crippen LogP) is 3.93. The molecule has 5 nitrogen and oxygen atoms in total. The van der Waals surface area contributed by atoms with Crippen molar-refractivity contribution in [1.82, 2.24) is 15.1 Å². The molecule has 2 amide bonds. The second kappa shape index (κ2) is 10.3. The van der Waals surface area contributed by atoms with Gasteiger partial charge in [0.05, 0.1) is 6.42 Å². The van der Waals surface area contributed by atoms with Gasteiger partial charge in [-0.25, -0.2) is 0 Å². The van der Waals surface area contributed by atoms with Crippen molar-refractivity contribution < 1.29 is 9.59 Å². The molecule has 32 heavy (non-hydrogen) atoms. The molecule has 3 aromatic rings. The van der Waals surface area contributed by atoms with Crippen molar-refractivity contribution in [3.8, 4) is 0 Å². The fourth-order valence-corrected chi connectivity index (χ4v) is 4.98. The van der Waals surface area contributed by atoms with Gasteiger partial charge in [0.2, 0.25) is 11.8 Å². The largest absolute Gasteiger partial charge is 0.344 e. The molecule has 6 heteroatoms. The van der Waals surface area contributed by atoms with Crippen molar-refractivity contribution in [2.75, 3.05) is 26.2 Å². The van der Waals surface area contributed by atoms with E-state index < -0.39 is 6.04 Å². The van der Waals surface area contributed by atoms with E-state index in [9.17, 15) is 9.59 Å². The third-order valence-corrected chi connectivity index (χ3v) is 6.88. The lowest BCUT2D eigenvalue weighted by Gasteiger charge is -2.37. The third kappa shape index (κ3) is 5.37. The molecule has 0 spiro atoms. The van der Waals surface area contributed by atoms with Gasteiger partial charge >= 0.3 is 0 Å². The van der Waals surface area contributed by atoms with Crippen LogP contribution in [0.3, 0.4) is 0 Å². The van der Waals surface area contributed by atoms with Crippen LogP contribution in [0.1, 0.15) is 25.0 Å². The van der Waals surface area contributed by atoms with Crippen molar-refractivity contribution in [2.24, 2.45) is 5.92 Å². The summed E-state index contributed by atoms with van der Waals surface area (Å²) in [5.74, 6) is -0.0475. The first kappa shape index (κ1) is 22.5. The first-order valence-electron chi connectivity index (χ1n) is 11.3. The van der Waals surface area contributed by atoms with Gasteiger partial charge in [-0.2, -0.15) is 11.3 Å². The normalized spacial score (nSPS) is 15.8. The number of nitrogens with zero attached hydrogens (tertiary/aromatic N) is 2. The maximum absolute atomic E-state index is 13.3. The first-order chi connectivity index (χ1) is 15.5. The second-order valence-electron chi connectivity index (χ2n) is 8.84. The van der Waals surface area contributed by atoms with Crippen molar-refractivity contribution in [2.45, 2.75) is 32.9 Å². The number of benzene rings is 2. The molecule has 4 rings (SSSR count). The minimum Gasteiger partial charge on any atom is -0.344 e. The summed E-state index contributed by atoms with van der Waals surface area (Å²) in [6, 6.07) is 15.8. The van der Waals surface area contributed by atoms with Gasteiger partial charge in [-0.15, -0.1) is 0 Å². The minimum absolute atomic E-state index is 0.0291. The lowest BCUT2D eigenvalue weighted by Crippen LogP contribution is -2.56. The van der Waals surface area contributed by atoms with Crippen molar-refractivity contribution in [1.29, 1.82) is 0 Å². The molecular weight excluding hydrogens is 418 g/mol. The number of thiophene rings is 1. The Bertz CT molecular complexity index is 1050. The number of hydrogen-bond acceptors (Lipinski definition) is 4. The van der Waals surface area contributed by atoms with Crippen LogP contribution in [0.15, 0.2) is 59.3 Å². The zero-order chi connectivity index (χ0) is 22.5. The van der Waals surface area contributed by atoms with E-state index in [-0.39, 0.29) is 24.2 Å². The average molecular weight is 450 g/mol. The Morgan fingerprint density at radius 3 is 2.47 bits per heavy atom. The van der Waals surface area contributed by atoms with E-state index in [1.807, 2.05) is 49.1 Å². The molecule has 1 aromatic heterocycles. The second-order valence-corrected chi connectivity index (χ2v) is 9.62. The molecule has 0 unspecified atom stereocenters. The molecule has 0 aliphatic carbocycles. The Morgan fingerprint density at radius 1 is 1.00 bits per heavy atom. The van der Waals surface area contributed by atoms with Gasteiger partial charge in [0.25, 0.3) is 0 Å². The SMILES string of the molecule is CC(C)[C@H](NC(=O)Cc1cccc2ccccc12)C(=O)N1CCN(Cc2ccsc2)CC1. The zero-order valence-electron chi connectivity index (χ0n) is 18.8. The van der Waals surface area contributed by atoms with Crippen LogP contribution in [0.5, 0.6) is 0 Å². The summed E-state index contributed by atoms with van der Waals surface area (Å²) in [7, 11) is 0. The molecule has 1 aliphatic rings. The van der Waals surface area contributed by atoms with E-state index in [0.717, 1.165) is 36.0 Å². The standard InChI is InChI=1S/C26H31N3O2S/c1-19(2)25(26(31)29-13-11-28(12-14-29)17-20-10-15-32-18-20)27-24(30)16-22-8-5-7-21-6-3-4-9-23(21)22/h3-10,15,18-19,25H,11-14,16-17H2,1-2H3,(H,27,30)/t25-/m0/s1. The number of carbonyl (C=O) groups excluding carboxylic acids is 2. The van der Waals surface area contributed by atoms with Crippen molar-refractivity contribution in [3.63, 3.8) is 0 Å². The summed E-state index contributed by atoms with van der Waals surface area (Å²) >= 11 is 1.72. The fourth-order valence-electron chi connectivity index (χ4n) is 4.32. The monoisotopic (exact) mass is 449 g/mol. The molecule has 1 N–H and O–H groups in total. The van der Waals surface area contributed by atoms with E-state index in [0.29, 0.717) is 13.1 Å². The molecule has 0 radical (unpaired) electrons. The van der Waals surface area contributed by atoms with E-state index in [1.54, 1.807) is 11.3 Å². The van der Waals surface area contributed by atoms with E-state index >= 15 is 0 Å². The van der Waals surface area contributed by atoms with E-state index in [1.165, 1.54) is 5.56 Å². The van der Waals surface area contributed by atoms with Crippen LogP contribution in [0.25, 0.3) is 10.8 Å². The van der Waals surface area contributed by atoms with Crippen LogP contribution < -0.4 is 5.32 Å². The maximum Gasteiger partial charge on any atom is 0.245 e.